The molecule has 0 radical (unpaired) electrons. The normalized spacial score (nSPS) is 13.6. The highest BCUT2D eigenvalue weighted by Gasteiger charge is 2.51. The zero-order chi connectivity index (χ0) is 34.7. The quantitative estimate of drug-likeness (QED) is 0.178. The van der Waals surface area contributed by atoms with Crippen LogP contribution in [0.1, 0.15) is 22.3 Å². The number of aromatic nitrogens is 1. The van der Waals surface area contributed by atoms with Crippen molar-refractivity contribution >= 4 is 43.4 Å². The Balaban J connectivity index is 1.17. The maximum atomic E-state index is 6.96. The van der Waals surface area contributed by atoms with E-state index in [0.29, 0.717) is 0 Å². The van der Waals surface area contributed by atoms with Crippen LogP contribution in [0.25, 0.3) is 71.3 Å². The SMILES string of the molecule is c1ccc2c(c1)Oc1cc3c4c5ccccc5ccc4n(-c4ccc(-c5ccc6ccccc6c5)cc4)c3cc1C21c2ccccc2-c2ccccc21. The van der Waals surface area contributed by atoms with Gasteiger partial charge in [-0.3, -0.25) is 0 Å². The number of para-hydroxylation sites is 1. The smallest absolute Gasteiger partial charge is 0.133 e. The number of fused-ring (bicyclic) bond motifs is 15. The molecule has 0 N–H and O–H groups in total. The molecule has 0 saturated heterocycles. The molecule has 246 valence electrons. The largest absolute Gasteiger partial charge is 0.457 e. The number of benzene rings is 9. The molecule has 0 amide bonds. The molecule has 10 aromatic rings. The lowest BCUT2D eigenvalue weighted by Gasteiger charge is -2.39. The Labute approximate surface area is 306 Å². The minimum atomic E-state index is -0.533. The van der Waals surface area contributed by atoms with Crippen molar-refractivity contribution in [2.75, 3.05) is 0 Å². The first kappa shape index (κ1) is 28.8. The molecule has 2 heteroatoms. The highest BCUT2D eigenvalue weighted by atomic mass is 16.5. The number of rotatable bonds is 2. The zero-order valence-corrected chi connectivity index (χ0v) is 28.8. The maximum Gasteiger partial charge on any atom is 0.133 e. The molecule has 0 atom stereocenters. The lowest BCUT2D eigenvalue weighted by atomic mass is 9.66. The van der Waals surface area contributed by atoms with Crippen molar-refractivity contribution in [3.8, 4) is 39.4 Å². The van der Waals surface area contributed by atoms with Gasteiger partial charge in [-0.1, -0.05) is 146 Å². The van der Waals surface area contributed by atoms with Crippen LogP contribution in [0.15, 0.2) is 188 Å². The number of hydrogen-bond acceptors (Lipinski definition) is 1. The van der Waals surface area contributed by atoms with Gasteiger partial charge in [-0.15, -0.1) is 0 Å². The lowest BCUT2D eigenvalue weighted by Crippen LogP contribution is -2.32. The fraction of sp³-hybridized carbons (Fsp3) is 0.0196. The van der Waals surface area contributed by atoms with Gasteiger partial charge in [0.25, 0.3) is 0 Å². The van der Waals surface area contributed by atoms with E-state index in [1.807, 2.05) is 0 Å². The Kier molecular flexibility index (Phi) is 5.73. The van der Waals surface area contributed by atoms with Crippen molar-refractivity contribution in [2.24, 2.45) is 0 Å². The van der Waals surface area contributed by atoms with Gasteiger partial charge >= 0.3 is 0 Å². The second kappa shape index (κ2) is 10.6. The first-order valence-corrected chi connectivity index (χ1v) is 18.3. The van der Waals surface area contributed by atoms with Crippen molar-refractivity contribution < 1.29 is 4.74 Å². The topological polar surface area (TPSA) is 14.2 Å². The van der Waals surface area contributed by atoms with E-state index in [-0.39, 0.29) is 0 Å². The molecule has 0 unspecified atom stereocenters. The first-order valence-electron chi connectivity index (χ1n) is 18.3. The highest BCUT2D eigenvalue weighted by Crippen LogP contribution is 2.62. The molecule has 1 aromatic heterocycles. The fourth-order valence-electron chi connectivity index (χ4n) is 9.58. The Bertz CT molecular complexity index is 3100. The van der Waals surface area contributed by atoms with Crippen LogP contribution < -0.4 is 4.74 Å². The van der Waals surface area contributed by atoms with Gasteiger partial charge in [0, 0.05) is 27.6 Å². The fourth-order valence-corrected chi connectivity index (χ4v) is 9.58. The zero-order valence-electron chi connectivity index (χ0n) is 28.8. The molecule has 12 rings (SSSR count). The Morgan fingerprint density at radius 2 is 1.00 bits per heavy atom. The number of ether oxygens (including phenoxy) is 1. The van der Waals surface area contributed by atoms with Crippen LogP contribution in [0.2, 0.25) is 0 Å². The van der Waals surface area contributed by atoms with Crippen LogP contribution in [0.3, 0.4) is 0 Å². The summed E-state index contributed by atoms with van der Waals surface area (Å²) in [6.07, 6.45) is 0. The van der Waals surface area contributed by atoms with E-state index >= 15 is 0 Å². The van der Waals surface area contributed by atoms with E-state index in [4.69, 9.17) is 4.74 Å². The monoisotopic (exact) mass is 673 g/mol. The molecule has 2 heterocycles. The predicted molar refractivity (Wildman–Crippen MR) is 219 cm³/mol. The van der Waals surface area contributed by atoms with Gasteiger partial charge < -0.3 is 9.30 Å². The van der Waals surface area contributed by atoms with Crippen LogP contribution >= 0.6 is 0 Å². The van der Waals surface area contributed by atoms with E-state index in [1.165, 1.54) is 82.3 Å². The number of hydrogen-bond donors (Lipinski definition) is 0. The summed E-state index contributed by atoms with van der Waals surface area (Å²) in [5, 5.41) is 7.40. The molecule has 1 aliphatic carbocycles. The van der Waals surface area contributed by atoms with E-state index in [9.17, 15) is 0 Å². The van der Waals surface area contributed by atoms with Crippen molar-refractivity contribution in [3.05, 3.63) is 210 Å². The molecule has 9 aromatic carbocycles. The molecule has 1 aliphatic heterocycles. The average molecular weight is 674 g/mol. The summed E-state index contributed by atoms with van der Waals surface area (Å²) in [7, 11) is 0. The van der Waals surface area contributed by atoms with Crippen molar-refractivity contribution in [3.63, 3.8) is 0 Å². The standard InChI is InChI=1S/C51H31NO/c1-2-13-35-29-36(22-21-32(35)11-1)33-23-26-37(27-24-33)52-46-28-25-34-12-3-4-14-38(34)50(46)41-30-49-45(31-47(41)52)51(44-19-9-10-20-48(44)53-49)42-17-7-5-15-39(42)40-16-6-8-18-43(40)51/h1-31H. The molecule has 0 saturated carbocycles. The Morgan fingerprint density at radius 3 is 1.79 bits per heavy atom. The predicted octanol–water partition coefficient (Wildman–Crippen LogP) is 13.2. The third-order valence-electron chi connectivity index (χ3n) is 11.8. The Hall–Kier alpha value is -6.90. The van der Waals surface area contributed by atoms with Crippen LogP contribution in [-0.2, 0) is 5.41 Å². The third-order valence-corrected chi connectivity index (χ3v) is 11.8. The van der Waals surface area contributed by atoms with Crippen LogP contribution in [0, 0.1) is 0 Å². The van der Waals surface area contributed by atoms with Crippen molar-refractivity contribution in [2.45, 2.75) is 5.41 Å². The first-order chi connectivity index (χ1) is 26.3. The van der Waals surface area contributed by atoms with E-state index < -0.39 is 5.41 Å². The molecule has 1 spiro atoms. The summed E-state index contributed by atoms with van der Waals surface area (Å²) in [6.45, 7) is 0. The third kappa shape index (κ3) is 3.82. The summed E-state index contributed by atoms with van der Waals surface area (Å²) in [6, 6.07) is 68.9. The van der Waals surface area contributed by atoms with Crippen LogP contribution in [0.4, 0.5) is 0 Å². The molecule has 0 fully saturated rings. The summed E-state index contributed by atoms with van der Waals surface area (Å²) >= 11 is 0. The summed E-state index contributed by atoms with van der Waals surface area (Å²) in [5.41, 5.74) is 12.9. The summed E-state index contributed by atoms with van der Waals surface area (Å²) in [5.74, 6) is 1.81. The Morgan fingerprint density at radius 1 is 0.377 bits per heavy atom. The van der Waals surface area contributed by atoms with E-state index in [2.05, 4.69) is 193 Å². The van der Waals surface area contributed by atoms with Gasteiger partial charge in [0.2, 0.25) is 0 Å². The van der Waals surface area contributed by atoms with Gasteiger partial charge in [0.15, 0.2) is 0 Å². The second-order valence-electron chi connectivity index (χ2n) is 14.4. The average Bonchev–Trinajstić information content (AvgIpc) is 3.71. The van der Waals surface area contributed by atoms with Gasteiger partial charge in [-0.05, 0) is 97.4 Å². The minimum absolute atomic E-state index is 0.533. The van der Waals surface area contributed by atoms with Crippen molar-refractivity contribution in [1.29, 1.82) is 0 Å². The van der Waals surface area contributed by atoms with Crippen LogP contribution in [-0.4, -0.2) is 4.57 Å². The van der Waals surface area contributed by atoms with Gasteiger partial charge in [0.1, 0.15) is 11.5 Å². The molecular formula is C51H31NO. The second-order valence-corrected chi connectivity index (χ2v) is 14.4. The molecule has 53 heavy (non-hydrogen) atoms. The van der Waals surface area contributed by atoms with Gasteiger partial charge in [-0.25, -0.2) is 0 Å². The molecule has 2 aliphatic rings. The maximum absolute atomic E-state index is 6.96. The van der Waals surface area contributed by atoms with Crippen LogP contribution in [0.5, 0.6) is 11.5 Å². The minimum Gasteiger partial charge on any atom is -0.457 e. The van der Waals surface area contributed by atoms with E-state index in [0.717, 1.165) is 22.7 Å². The molecule has 0 bridgehead atoms. The summed E-state index contributed by atoms with van der Waals surface area (Å²) < 4.78 is 9.43. The molecular weight excluding hydrogens is 643 g/mol. The number of nitrogens with zero attached hydrogens (tertiary/aromatic N) is 1. The lowest BCUT2D eigenvalue weighted by molar-refractivity contribution is 0.437. The summed E-state index contributed by atoms with van der Waals surface area (Å²) in [4.78, 5) is 0. The van der Waals surface area contributed by atoms with Gasteiger partial charge in [0.05, 0.1) is 16.4 Å². The van der Waals surface area contributed by atoms with Crippen molar-refractivity contribution in [1.82, 2.24) is 4.57 Å². The van der Waals surface area contributed by atoms with E-state index in [1.54, 1.807) is 0 Å². The molecule has 2 nitrogen and oxygen atoms in total. The van der Waals surface area contributed by atoms with Gasteiger partial charge in [-0.2, -0.15) is 0 Å². The highest BCUT2D eigenvalue weighted by molar-refractivity contribution is 6.22.